The number of β-amino-alcohol motifs (C(OH)–C–C–N with tert-alkyl or cyclic N) is 1. The van der Waals surface area contributed by atoms with Gasteiger partial charge in [-0.3, -0.25) is 4.79 Å². The van der Waals surface area contributed by atoms with Crippen LogP contribution in [0.25, 0.3) is 10.6 Å². The number of carbonyl (C=O) groups excluding carboxylic acids is 1. The van der Waals surface area contributed by atoms with Crippen LogP contribution in [0.2, 0.25) is 0 Å². The molecule has 0 bridgehead atoms. The zero-order chi connectivity index (χ0) is 17.6. The number of nitrogens with one attached hydrogen (secondary N) is 2. The Bertz CT molecular complexity index is 712. The Hall–Kier alpha value is -1.38. The molecular formula is C18H25Cl2N3O3S. The number of aliphatic hydroxyl groups is 1. The minimum atomic E-state index is -0.383. The first kappa shape index (κ1) is 23.7. The van der Waals surface area contributed by atoms with Gasteiger partial charge in [0, 0.05) is 36.5 Å². The molecule has 0 spiro atoms. The molecule has 3 N–H and O–H groups in total. The highest BCUT2D eigenvalue weighted by Crippen LogP contribution is 2.26. The Morgan fingerprint density at radius 3 is 2.70 bits per heavy atom. The molecule has 27 heavy (non-hydrogen) atoms. The van der Waals surface area contributed by atoms with Crippen molar-refractivity contribution < 1.29 is 14.6 Å². The van der Waals surface area contributed by atoms with Crippen molar-refractivity contribution in [3.63, 3.8) is 0 Å². The van der Waals surface area contributed by atoms with Gasteiger partial charge in [0.15, 0.2) is 0 Å². The largest absolute Gasteiger partial charge is 0.494 e. The Morgan fingerprint density at radius 2 is 2.07 bits per heavy atom. The third kappa shape index (κ3) is 6.62. The van der Waals surface area contributed by atoms with Gasteiger partial charge in [-0.2, -0.15) is 0 Å². The summed E-state index contributed by atoms with van der Waals surface area (Å²) in [6.07, 6.45) is -0.130. The van der Waals surface area contributed by atoms with E-state index in [4.69, 9.17) is 4.74 Å². The molecule has 150 valence electrons. The average Bonchev–Trinajstić information content (AvgIpc) is 3.23. The number of ether oxygens (including phenoxy) is 1. The lowest BCUT2D eigenvalue weighted by Crippen LogP contribution is -2.35. The minimum absolute atomic E-state index is 0. The lowest BCUT2D eigenvalue weighted by molar-refractivity contribution is -0.120. The summed E-state index contributed by atoms with van der Waals surface area (Å²) in [5, 5.41) is 18.5. The van der Waals surface area contributed by atoms with E-state index in [-0.39, 0.29) is 49.2 Å². The van der Waals surface area contributed by atoms with Crippen molar-refractivity contribution in [3.8, 4) is 16.3 Å². The second kappa shape index (κ2) is 11.5. The monoisotopic (exact) mass is 433 g/mol. The van der Waals surface area contributed by atoms with Gasteiger partial charge in [-0.05, 0) is 31.2 Å². The number of carbonyl (C=O) groups is 1. The topological polar surface area (TPSA) is 83.5 Å². The molecule has 2 heterocycles. The normalized spacial score (nSPS) is 18.3. The molecule has 1 aromatic heterocycles. The van der Waals surface area contributed by atoms with Crippen molar-refractivity contribution in [1.82, 2.24) is 15.6 Å². The van der Waals surface area contributed by atoms with Crippen LogP contribution in [0.15, 0.2) is 29.6 Å². The van der Waals surface area contributed by atoms with Crippen LogP contribution in [0, 0.1) is 5.92 Å². The van der Waals surface area contributed by atoms with Gasteiger partial charge in [0.1, 0.15) is 10.8 Å². The molecule has 9 heteroatoms. The Kier molecular flexibility index (Phi) is 10.0. The van der Waals surface area contributed by atoms with Crippen molar-refractivity contribution in [3.05, 3.63) is 35.3 Å². The molecule has 1 aliphatic heterocycles. The van der Waals surface area contributed by atoms with Gasteiger partial charge in [0.25, 0.3) is 0 Å². The quantitative estimate of drug-likeness (QED) is 0.623. The fourth-order valence-corrected chi connectivity index (χ4v) is 3.61. The molecule has 0 saturated carbocycles. The fraction of sp³-hybridized carbons (Fsp3) is 0.444. The van der Waals surface area contributed by atoms with Gasteiger partial charge in [-0.25, -0.2) is 4.98 Å². The van der Waals surface area contributed by atoms with E-state index in [0.717, 1.165) is 28.6 Å². The summed E-state index contributed by atoms with van der Waals surface area (Å²) < 4.78 is 5.44. The Balaban J connectivity index is 0.00000182. The third-order valence-electron chi connectivity index (χ3n) is 4.17. The van der Waals surface area contributed by atoms with Gasteiger partial charge in [-0.15, -0.1) is 36.2 Å². The first-order valence-corrected chi connectivity index (χ1v) is 9.36. The molecule has 6 nitrogen and oxygen atoms in total. The number of hydrogen-bond donors (Lipinski definition) is 3. The maximum absolute atomic E-state index is 12.1. The molecular weight excluding hydrogens is 409 g/mol. The van der Waals surface area contributed by atoms with Crippen molar-refractivity contribution in [1.29, 1.82) is 0 Å². The molecule has 2 unspecified atom stereocenters. The maximum Gasteiger partial charge on any atom is 0.226 e. The number of hydrogen-bond acceptors (Lipinski definition) is 6. The number of amides is 1. The molecule has 2 aromatic rings. The molecule has 3 rings (SSSR count). The van der Waals surface area contributed by atoms with Crippen LogP contribution >= 0.6 is 36.2 Å². The molecule has 1 saturated heterocycles. The minimum Gasteiger partial charge on any atom is -0.494 e. The van der Waals surface area contributed by atoms with E-state index in [9.17, 15) is 9.90 Å². The summed E-state index contributed by atoms with van der Waals surface area (Å²) in [6, 6.07) is 7.80. The van der Waals surface area contributed by atoms with Crippen LogP contribution in [0.1, 0.15) is 12.6 Å². The first-order valence-electron chi connectivity index (χ1n) is 8.49. The van der Waals surface area contributed by atoms with Crippen LogP contribution in [-0.4, -0.2) is 48.3 Å². The molecule has 1 aliphatic rings. The van der Waals surface area contributed by atoms with Gasteiger partial charge >= 0.3 is 0 Å². The molecule has 1 fully saturated rings. The zero-order valence-electron chi connectivity index (χ0n) is 15.0. The van der Waals surface area contributed by atoms with E-state index in [1.165, 1.54) is 11.3 Å². The Labute approximate surface area is 175 Å². The zero-order valence-corrected chi connectivity index (χ0v) is 17.5. The highest BCUT2D eigenvalue weighted by atomic mass is 35.5. The van der Waals surface area contributed by atoms with Crippen molar-refractivity contribution in [2.75, 3.05) is 26.2 Å². The van der Waals surface area contributed by atoms with Crippen LogP contribution in [0.4, 0.5) is 0 Å². The number of benzene rings is 1. The van der Waals surface area contributed by atoms with Crippen molar-refractivity contribution in [2.24, 2.45) is 5.92 Å². The average molecular weight is 434 g/mol. The third-order valence-corrected chi connectivity index (χ3v) is 5.11. The number of aliphatic hydroxyl groups excluding tert-OH is 1. The molecule has 1 aromatic carbocycles. The summed E-state index contributed by atoms with van der Waals surface area (Å²) in [7, 11) is 0. The van der Waals surface area contributed by atoms with E-state index >= 15 is 0 Å². The van der Waals surface area contributed by atoms with Gasteiger partial charge in [-0.1, -0.05) is 0 Å². The van der Waals surface area contributed by atoms with Gasteiger partial charge < -0.3 is 20.5 Å². The van der Waals surface area contributed by atoms with E-state index in [0.29, 0.717) is 19.7 Å². The van der Waals surface area contributed by atoms with Crippen molar-refractivity contribution >= 4 is 42.1 Å². The molecule has 0 aliphatic carbocycles. The summed E-state index contributed by atoms with van der Waals surface area (Å²) in [4.78, 5) is 16.6. The highest BCUT2D eigenvalue weighted by Gasteiger charge is 2.25. The van der Waals surface area contributed by atoms with Crippen LogP contribution in [-0.2, 0) is 11.2 Å². The van der Waals surface area contributed by atoms with E-state index in [1.807, 2.05) is 36.6 Å². The SMILES string of the molecule is CCOc1ccc(-c2nc(CC(=O)NCC3CNCC3O)cs2)cc1.Cl.Cl. The predicted molar refractivity (Wildman–Crippen MR) is 112 cm³/mol. The highest BCUT2D eigenvalue weighted by molar-refractivity contribution is 7.13. The number of aromatic nitrogens is 1. The number of halogens is 2. The summed E-state index contributed by atoms with van der Waals surface area (Å²) >= 11 is 1.53. The van der Waals surface area contributed by atoms with E-state index in [2.05, 4.69) is 15.6 Å². The maximum atomic E-state index is 12.1. The lowest BCUT2D eigenvalue weighted by Gasteiger charge is -2.13. The number of thiazole rings is 1. The summed E-state index contributed by atoms with van der Waals surface area (Å²) in [6.45, 7) is 4.42. The number of nitrogens with zero attached hydrogens (tertiary/aromatic N) is 1. The number of rotatable bonds is 7. The second-order valence-electron chi connectivity index (χ2n) is 6.07. The van der Waals surface area contributed by atoms with E-state index < -0.39 is 0 Å². The smallest absolute Gasteiger partial charge is 0.226 e. The standard InChI is InChI=1S/C18H23N3O3S.2ClH/c1-2-24-15-5-3-12(4-6-15)18-21-14(11-25-18)7-17(23)20-9-13-8-19-10-16(13)22;;/h3-6,11,13,16,19,22H,2,7-10H2,1H3,(H,20,23);2*1H. The predicted octanol–water partition coefficient (Wildman–Crippen LogP) is 2.29. The summed E-state index contributed by atoms with van der Waals surface area (Å²) in [5.74, 6) is 0.854. The van der Waals surface area contributed by atoms with Crippen molar-refractivity contribution in [2.45, 2.75) is 19.4 Å². The Morgan fingerprint density at radius 1 is 1.33 bits per heavy atom. The molecule has 1 amide bonds. The first-order chi connectivity index (χ1) is 12.2. The summed E-state index contributed by atoms with van der Waals surface area (Å²) in [5.41, 5.74) is 1.77. The van der Waals surface area contributed by atoms with Gasteiger partial charge in [0.2, 0.25) is 5.91 Å². The van der Waals surface area contributed by atoms with E-state index in [1.54, 1.807) is 0 Å². The van der Waals surface area contributed by atoms with Crippen LogP contribution in [0.5, 0.6) is 5.75 Å². The van der Waals surface area contributed by atoms with Gasteiger partial charge in [0.05, 0.1) is 24.8 Å². The van der Waals surface area contributed by atoms with Crippen LogP contribution < -0.4 is 15.4 Å². The van der Waals surface area contributed by atoms with Crippen LogP contribution in [0.3, 0.4) is 0 Å². The molecule has 2 atom stereocenters. The second-order valence-corrected chi connectivity index (χ2v) is 6.93. The molecule has 0 radical (unpaired) electrons. The fourth-order valence-electron chi connectivity index (χ4n) is 2.78. The lowest BCUT2D eigenvalue weighted by atomic mass is 10.1.